The number of anilines is 1. The number of nitrogens with one attached hydrogen (secondary N) is 2. The molecular formula is C13H12ClN5O. The maximum absolute atomic E-state index is 11.9. The second-order valence-electron chi connectivity index (χ2n) is 4.51. The third-order valence-electron chi connectivity index (χ3n) is 2.98. The van der Waals surface area contributed by atoms with Crippen LogP contribution in [0.2, 0.25) is 5.02 Å². The van der Waals surface area contributed by atoms with Gasteiger partial charge in [0.1, 0.15) is 5.39 Å². The monoisotopic (exact) mass is 289 g/mol. The zero-order valence-corrected chi connectivity index (χ0v) is 11.5. The molecule has 0 bridgehead atoms. The molecule has 0 saturated heterocycles. The molecule has 0 aliphatic carbocycles. The molecule has 2 N–H and O–H groups in total. The van der Waals surface area contributed by atoms with Crippen LogP contribution in [0.3, 0.4) is 0 Å². The van der Waals surface area contributed by atoms with Crippen LogP contribution in [0.4, 0.5) is 5.95 Å². The van der Waals surface area contributed by atoms with E-state index >= 15 is 0 Å². The molecule has 3 aromatic rings. The molecule has 7 heteroatoms. The van der Waals surface area contributed by atoms with Gasteiger partial charge in [0.15, 0.2) is 5.65 Å². The molecule has 0 unspecified atom stereocenters. The molecule has 0 fully saturated rings. The van der Waals surface area contributed by atoms with Crippen LogP contribution in [0.15, 0.2) is 35.3 Å². The van der Waals surface area contributed by atoms with Gasteiger partial charge in [0.05, 0.1) is 6.20 Å². The summed E-state index contributed by atoms with van der Waals surface area (Å²) in [7, 11) is 1.85. The van der Waals surface area contributed by atoms with Crippen LogP contribution in [0, 0.1) is 0 Å². The normalized spacial score (nSPS) is 10.9. The van der Waals surface area contributed by atoms with Gasteiger partial charge in [0.25, 0.3) is 5.56 Å². The zero-order chi connectivity index (χ0) is 14.1. The van der Waals surface area contributed by atoms with Gasteiger partial charge in [-0.25, -0.2) is 0 Å². The van der Waals surface area contributed by atoms with E-state index in [1.165, 1.54) is 6.20 Å². The van der Waals surface area contributed by atoms with Gasteiger partial charge >= 0.3 is 0 Å². The summed E-state index contributed by atoms with van der Waals surface area (Å²) >= 11 is 5.96. The first-order valence-electron chi connectivity index (χ1n) is 6.02. The quantitative estimate of drug-likeness (QED) is 0.772. The number of fused-ring (bicyclic) bond motifs is 1. The molecule has 20 heavy (non-hydrogen) atoms. The summed E-state index contributed by atoms with van der Waals surface area (Å²) in [6.45, 7) is 0.586. The minimum absolute atomic E-state index is 0.211. The van der Waals surface area contributed by atoms with Crippen LogP contribution in [0.1, 0.15) is 5.56 Å². The average molecular weight is 290 g/mol. The molecule has 0 aliphatic rings. The van der Waals surface area contributed by atoms with Crippen molar-refractivity contribution in [2.24, 2.45) is 0 Å². The van der Waals surface area contributed by atoms with Crippen molar-refractivity contribution in [2.75, 3.05) is 11.9 Å². The van der Waals surface area contributed by atoms with Gasteiger partial charge in [-0.3, -0.25) is 14.9 Å². The Morgan fingerprint density at radius 1 is 1.40 bits per heavy atom. The fourth-order valence-corrected chi connectivity index (χ4v) is 2.21. The number of aromatic nitrogens is 4. The summed E-state index contributed by atoms with van der Waals surface area (Å²) in [6.07, 6.45) is 1.46. The van der Waals surface area contributed by atoms with Gasteiger partial charge in [-0.15, -0.1) is 0 Å². The van der Waals surface area contributed by atoms with Crippen LogP contribution in [0.5, 0.6) is 0 Å². The lowest BCUT2D eigenvalue weighted by molar-refractivity contribution is 0.866. The van der Waals surface area contributed by atoms with E-state index in [0.29, 0.717) is 28.5 Å². The molecule has 0 radical (unpaired) electrons. The third-order valence-corrected chi connectivity index (χ3v) is 3.21. The lowest BCUT2D eigenvalue weighted by Gasteiger charge is -2.17. The molecule has 6 nitrogen and oxygen atoms in total. The second kappa shape index (κ2) is 4.97. The van der Waals surface area contributed by atoms with Crippen molar-refractivity contribution < 1.29 is 0 Å². The predicted molar refractivity (Wildman–Crippen MR) is 78.1 cm³/mol. The fraction of sp³-hybridized carbons (Fsp3) is 0.154. The van der Waals surface area contributed by atoms with E-state index in [0.717, 1.165) is 5.56 Å². The summed E-state index contributed by atoms with van der Waals surface area (Å²) in [4.78, 5) is 20.8. The van der Waals surface area contributed by atoms with Gasteiger partial charge in [-0.1, -0.05) is 23.7 Å². The Hall–Kier alpha value is -2.34. The molecule has 1 aromatic carbocycles. The summed E-state index contributed by atoms with van der Waals surface area (Å²) in [5.41, 5.74) is 1.30. The van der Waals surface area contributed by atoms with E-state index in [-0.39, 0.29) is 5.56 Å². The van der Waals surface area contributed by atoms with Crippen LogP contribution in [-0.4, -0.2) is 27.2 Å². The lowest BCUT2D eigenvalue weighted by atomic mass is 10.2. The third kappa shape index (κ3) is 2.37. The average Bonchev–Trinajstić information content (AvgIpc) is 2.87. The Morgan fingerprint density at radius 3 is 3.05 bits per heavy atom. The van der Waals surface area contributed by atoms with Crippen molar-refractivity contribution in [1.82, 2.24) is 20.2 Å². The van der Waals surface area contributed by atoms with Gasteiger partial charge in [0, 0.05) is 18.6 Å². The standard InChI is InChI=1S/C13H12ClN5O/c1-19(7-8-3-2-4-9(14)5-8)13-16-11-10(6-15-18-11)12(20)17-13/h2-6H,7H2,1H3,(H2,15,16,17,18,20). The van der Waals surface area contributed by atoms with Crippen molar-refractivity contribution in [2.45, 2.75) is 6.54 Å². The topological polar surface area (TPSA) is 77.7 Å². The molecule has 0 atom stereocenters. The molecule has 2 heterocycles. The van der Waals surface area contributed by atoms with Crippen LogP contribution in [0.25, 0.3) is 11.0 Å². The first-order chi connectivity index (χ1) is 9.63. The van der Waals surface area contributed by atoms with E-state index in [1.807, 2.05) is 36.2 Å². The highest BCUT2D eigenvalue weighted by atomic mass is 35.5. The SMILES string of the molecule is CN(Cc1cccc(Cl)c1)c1nc2[nH]ncc2c(=O)[nH]1. The van der Waals surface area contributed by atoms with Crippen molar-refractivity contribution in [3.05, 3.63) is 51.4 Å². The van der Waals surface area contributed by atoms with E-state index in [4.69, 9.17) is 11.6 Å². The number of rotatable bonds is 3. The van der Waals surface area contributed by atoms with E-state index in [2.05, 4.69) is 20.2 Å². The fourth-order valence-electron chi connectivity index (χ4n) is 2.00. The maximum atomic E-state index is 11.9. The number of benzene rings is 1. The van der Waals surface area contributed by atoms with E-state index in [9.17, 15) is 4.79 Å². The molecule has 0 saturated carbocycles. The largest absolute Gasteiger partial charge is 0.341 e. The molecule has 0 amide bonds. The number of aromatic amines is 2. The Labute approximate surface area is 119 Å². The van der Waals surface area contributed by atoms with Crippen LogP contribution in [-0.2, 0) is 6.54 Å². The number of hydrogen-bond acceptors (Lipinski definition) is 4. The molecule has 102 valence electrons. The molecule has 3 rings (SSSR count). The maximum Gasteiger partial charge on any atom is 0.263 e. The highest BCUT2D eigenvalue weighted by Crippen LogP contribution is 2.15. The van der Waals surface area contributed by atoms with Crippen molar-refractivity contribution in [1.29, 1.82) is 0 Å². The highest BCUT2D eigenvalue weighted by molar-refractivity contribution is 6.30. The summed E-state index contributed by atoms with van der Waals surface area (Å²) in [6, 6.07) is 7.56. The second-order valence-corrected chi connectivity index (χ2v) is 4.94. The van der Waals surface area contributed by atoms with E-state index in [1.54, 1.807) is 0 Å². The Balaban J connectivity index is 1.92. The highest BCUT2D eigenvalue weighted by Gasteiger charge is 2.09. The van der Waals surface area contributed by atoms with Crippen molar-refractivity contribution in [3.8, 4) is 0 Å². The minimum atomic E-state index is -0.211. The van der Waals surface area contributed by atoms with Gasteiger partial charge < -0.3 is 4.90 Å². The number of nitrogens with zero attached hydrogens (tertiary/aromatic N) is 3. The van der Waals surface area contributed by atoms with Crippen LogP contribution >= 0.6 is 11.6 Å². The Kier molecular flexibility index (Phi) is 3.15. The summed E-state index contributed by atoms with van der Waals surface area (Å²) in [5, 5.41) is 7.65. The number of H-pyrrole nitrogens is 2. The number of halogens is 1. The van der Waals surface area contributed by atoms with Crippen LogP contribution < -0.4 is 10.5 Å². The molecule has 0 aliphatic heterocycles. The predicted octanol–water partition coefficient (Wildman–Crippen LogP) is 1.94. The molecule has 2 aromatic heterocycles. The Bertz CT molecular complexity index is 810. The van der Waals surface area contributed by atoms with Gasteiger partial charge in [0.2, 0.25) is 5.95 Å². The Morgan fingerprint density at radius 2 is 2.25 bits per heavy atom. The minimum Gasteiger partial charge on any atom is -0.341 e. The van der Waals surface area contributed by atoms with Crippen molar-refractivity contribution in [3.63, 3.8) is 0 Å². The molecular weight excluding hydrogens is 278 g/mol. The molecule has 0 spiro atoms. The van der Waals surface area contributed by atoms with E-state index < -0.39 is 0 Å². The lowest BCUT2D eigenvalue weighted by Crippen LogP contribution is -2.22. The van der Waals surface area contributed by atoms with Crippen molar-refractivity contribution >= 4 is 28.6 Å². The van der Waals surface area contributed by atoms with Gasteiger partial charge in [-0.2, -0.15) is 10.1 Å². The van der Waals surface area contributed by atoms with Gasteiger partial charge in [-0.05, 0) is 17.7 Å². The smallest absolute Gasteiger partial charge is 0.263 e. The first kappa shape index (κ1) is 12.7. The first-order valence-corrected chi connectivity index (χ1v) is 6.40. The zero-order valence-electron chi connectivity index (χ0n) is 10.7. The summed E-state index contributed by atoms with van der Waals surface area (Å²) in [5.74, 6) is 0.478. The number of hydrogen-bond donors (Lipinski definition) is 2. The summed E-state index contributed by atoms with van der Waals surface area (Å²) < 4.78 is 0.